The van der Waals surface area contributed by atoms with Gasteiger partial charge in [0, 0.05) is 17.0 Å². The Bertz CT molecular complexity index is 870. The maximum atomic E-state index is 12.8. The molecule has 5 heteroatoms. The average Bonchev–Trinajstić information content (AvgIpc) is 2.89. The standard InChI is InChI=1S/C18H19N3O2/c1-11-14(16(21-23-11)18(2,3)4)17(22)20-13-9-5-7-12-8-6-10-19-15(12)13/h5-10H,1-4H3,(H,20,22). The smallest absolute Gasteiger partial charge is 0.261 e. The summed E-state index contributed by atoms with van der Waals surface area (Å²) in [6.45, 7) is 7.75. The second-order valence-corrected chi connectivity index (χ2v) is 6.55. The van der Waals surface area contributed by atoms with E-state index in [1.807, 2.05) is 51.1 Å². The molecule has 0 bridgehead atoms. The number of aromatic nitrogens is 2. The Labute approximate surface area is 134 Å². The van der Waals surface area contributed by atoms with Crippen LogP contribution in [-0.2, 0) is 5.41 Å². The Hall–Kier alpha value is -2.69. The van der Waals surface area contributed by atoms with Gasteiger partial charge in [-0.3, -0.25) is 9.78 Å². The molecule has 0 unspecified atom stereocenters. The number of aryl methyl sites for hydroxylation is 1. The molecule has 0 fully saturated rings. The van der Waals surface area contributed by atoms with Gasteiger partial charge in [-0.15, -0.1) is 0 Å². The van der Waals surface area contributed by atoms with E-state index in [1.165, 1.54) is 0 Å². The lowest BCUT2D eigenvalue weighted by atomic mass is 9.88. The zero-order chi connectivity index (χ0) is 16.6. The molecule has 23 heavy (non-hydrogen) atoms. The van der Waals surface area contributed by atoms with Crippen molar-refractivity contribution in [1.29, 1.82) is 0 Å². The summed E-state index contributed by atoms with van der Waals surface area (Å²) in [5.74, 6) is 0.285. The minimum absolute atomic E-state index is 0.230. The Kier molecular flexibility index (Phi) is 3.64. The molecule has 2 heterocycles. The van der Waals surface area contributed by atoms with Crippen molar-refractivity contribution in [2.24, 2.45) is 0 Å². The van der Waals surface area contributed by atoms with Crippen LogP contribution in [0.5, 0.6) is 0 Å². The number of rotatable bonds is 2. The molecule has 0 aliphatic rings. The normalized spacial score (nSPS) is 11.7. The van der Waals surface area contributed by atoms with Crippen LogP contribution in [-0.4, -0.2) is 16.0 Å². The van der Waals surface area contributed by atoms with Gasteiger partial charge in [-0.05, 0) is 19.1 Å². The van der Waals surface area contributed by atoms with E-state index in [0.717, 1.165) is 10.9 Å². The summed E-state index contributed by atoms with van der Waals surface area (Å²) in [4.78, 5) is 17.1. The van der Waals surface area contributed by atoms with Crippen LogP contribution in [0.15, 0.2) is 41.1 Å². The molecule has 0 aliphatic heterocycles. The number of carbonyl (C=O) groups is 1. The van der Waals surface area contributed by atoms with Crippen molar-refractivity contribution in [3.8, 4) is 0 Å². The van der Waals surface area contributed by atoms with Gasteiger partial charge in [-0.25, -0.2) is 0 Å². The lowest BCUT2D eigenvalue weighted by Gasteiger charge is -2.16. The van der Waals surface area contributed by atoms with Crippen molar-refractivity contribution in [1.82, 2.24) is 10.1 Å². The zero-order valence-corrected chi connectivity index (χ0v) is 13.7. The van der Waals surface area contributed by atoms with Gasteiger partial charge in [-0.2, -0.15) is 0 Å². The molecule has 3 aromatic rings. The van der Waals surface area contributed by atoms with Crippen LogP contribution >= 0.6 is 0 Å². The molecule has 1 amide bonds. The van der Waals surface area contributed by atoms with Gasteiger partial charge in [0.1, 0.15) is 17.0 Å². The predicted octanol–water partition coefficient (Wildman–Crippen LogP) is 4.08. The highest BCUT2D eigenvalue weighted by Gasteiger charge is 2.29. The first kappa shape index (κ1) is 15.2. The summed E-state index contributed by atoms with van der Waals surface area (Å²) in [5.41, 5.74) is 2.30. The molecule has 1 N–H and O–H groups in total. The van der Waals surface area contributed by atoms with Crippen molar-refractivity contribution >= 4 is 22.5 Å². The van der Waals surface area contributed by atoms with Gasteiger partial charge in [0.2, 0.25) is 0 Å². The lowest BCUT2D eigenvalue weighted by molar-refractivity contribution is 0.102. The van der Waals surface area contributed by atoms with E-state index in [2.05, 4.69) is 15.5 Å². The number of pyridine rings is 1. The van der Waals surface area contributed by atoms with Crippen LogP contribution in [0.3, 0.4) is 0 Å². The van der Waals surface area contributed by atoms with Crippen LogP contribution in [0, 0.1) is 6.92 Å². The molecule has 5 nitrogen and oxygen atoms in total. The molecule has 0 saturated carbocycles. The first-order valence-electron chi connectivity index (χ1n) is 7.50. The van der Waals surface area contributed by atoms with Crippen LogP contribution in [0.1, 0.15) is 42.6 Å². The third-order valence-electron chi connectivity index (χ3n) is 3.68. The van der Waals surface area contributed by atoms with Crippen LogP contribution < -0.4 is 5.32 Å². The molecule has 0 aliphatic carbocycles. The molecule has 0 saturated heterocycles. The third-order valence-corrected chi connectivity index (χ3v) is 3.68. The fraction of sp³-hybridized carbons (Fsp3) is 0.278. The van der Waals surface area contributed by atoms with Crippen molar-refractivity contribution in [3.05, 3.63) is 53.5 Å². The number of hydrogen-bond acceptors (Lipinski definition) is 4. The Balaban J connectivity index is 2.01. The van der Waals surface area contributed by atoms with Crippen molar-refractivity contribution in [2.75, 3.05) is 5.32 Å². The number of amides is 1. The van der Waals surface area contributed by atoms with Crippen molar-refractivity contribution in [3.63, 3.8) is 0 Å². The van der Waals surface area contributed by atoms with Crippen molar-refractivity contribution in [2.45, 2.75) is 33.1 Å². The summed E-state index contributed by atoms with van der Waals surface area (Å²) in [6, 6.07) is 9.53. The molecule has 118 valence electrons. The van der Waals surface area contributed by atoms with E-state index in [4.69, 9.17) is 4.52 Å². The second kappa shape index (κ2) is 5.50. The first-order chi connectivity index (χ1) is 10.9. The molecule has 3 rings (SSSR count). The van der Waals surface area contributed by atoms with E-state index in [1.54, 1.807) is 13.1 Å². The molecule has 0 spiro atoms. The van der Waals surface area contributed by atoms with Gasteiger partial charge in [-0.1, -0.05) is 44.1 Å². The fourth-order valence-electron chi connectivity index (χ4n) is 2.54. The zero-order valence-electron chi connectivity index (χ0n) is 13.7. The molecule has 0 radical (unpaired) electrons. The topological polar surface area (TPSA) is 68.0 Å². The molecule has 0 atom stereocenters. The largest absolute Gasteiger partial charge is 0.361 e. The summed E-state index contributed by atoms with van der Waals surface area (Å²) in [7, 11) is 0. The van der Waals surface area contributed by atoms with E-state index in [-0.39, 0.29) is 11.3 Å². The first-order valence-corrected chi connectivity index (χ1v) is 7.50. The number of fused-ring (bicyclic) bond motifs is 1. The van der Waals surface area contributed by atoms with Gasteiger partial charge in [0.25, 0.3) is 5.91 Å². The van der Waals surface area contributed by atoms with Crippen LogP contribution in [0.4, 0.5) is 5.69 Å². The maximum Gasteiger partial charge on any atom is 0.261 e. The minimum atomic E-state index is -0.276. The third kappa shape index (κ3) is 2.82. The highest BCUT2D eigenvalue weighted by atomic mass is 16.5. The molecule has 1 aromatic carbocycles. The SMILES string of the molecule is Cc1onc(C(C)(C)C)c1C(=O)Nc1cccc2cccnc12. The Morgan fingerprint density at radius 1 is 1.17 bits per heavy atom. The fourth-order valence-corrected chi connectivity index (χ4v) is 2.54. The summed E-state index contributed by atoms with van der Waals surface area (Å²) >= 11 is 0. The Morgan fingerprint density at radius 2 is 1.91 bits per heavy atom. The second-order valence-electron chi connectivity index (χ2n) is 6.55. The minimum Gasteiger partial charge on any atom is -0.361 e. The van der Waals surface area contributed by atoms with Gasteiger partial charge >= 0.3 is 0 Å². The number of para-hydroxylation sites is 1. The number of nitrogens with one attached hydrogen (secondary N) is 1. The average molecular weight is 309 g/mol. The molecular formula is C18H19N3O2. The summed E-state index contributed by atoms with van der Waals surface area (Å²) in [6.07, 6.45) is 1.71. The summed E-state index contributed by atoms with van der Waals surface area (Å²) < 4.78 is 5.24. The molecular weight excluding hydrogens is 290 g/mol. The number of carbonyl (C=O) groups excluding carboxylic acids is 1. The number of nitrogens with zero attached hydrogens (tertiary/aromatic N) is 2. The van der Waals surface area contributed by atoms with Crippen molar-refractivity contribution < 1.29 is 9.32 Å². The van der Waals surface area contributed by atoms with Gasteiger partial charge in [0.05, 0.1) is 11.2 Å². The predicted molar refractivity (Wildman–Crippen MR) is 89.6 cm³/mol. The number of benzene rings is 1. The summed E-state index contributed by atoms with van der Waals surface area (Å²) in [5, 5.41) is 7.98. The monoisotopic (exact) mass is 309 g/mol. The van der Waals surface area contributed by atoms with Gasteiger partial charge < -0.3 is 9.84 Å². The van der Waals surface area contributed by atoms with Crippen LogP contribution in [0.2, 0.25) is 0 Å². The van der Waals surface area contributed by atoms with E-state index < -0.39 is 0 Å². The molecule has 2 aromatic heterocycles. The Morgan fingerprint density at radius 3 is 2.65 bits per heavy atom. The van der Waals surface area contributed by atoms with E-state index >= 15 is 0 Å². The number of anilines is 1. The van der Waals surface area contributed by atoms with E-state index in [0.29, 0.717) is 22.7 Å². The van der Waals surface area contributed by atoms with E-state index in [9.17, 15) is 4.79 Å². The van der Waals surface area contributed by atoms with Gasteiger partial charge in [0.15, 0.2) is 0 Å². The number of hydrogen-bond donors (Lipinski definition) is 1. The van der Waals surface area contributed by atoms with Crippen LogP contribution in [0.25, 0.3) is 10.9 Å². The maximum absolute atomic E-state index is 12.8. The quantitative estimate of drug-likeness (QED) is 0.774. The highest BCUT2D eigenvalue weighted by molar-refractivity contribution is 6.09. The highest BCUT2D eigenvalue weighted by Crippen LogP contribution is 2.28. The lowest BCUT2D eigenvalue weighted by Crippen LogP contribution is -2.21.